The molecule has 2 atom stereocenters. The largest absolute Gasteiger partial charge is 0.490 e. The molecule has 0 radical (unpaired) electrons. The van der Waals surface area contributed by atoms with Crippen molar-refractivity contribution in [3.8, 4) is 11.5 Å². The second-order valence-electron chi connectivity index (χ2n) is 13.9. The maximum absolute atomic E-state index is 13.2. The molecule has 4 N–H and O–H groups in total. The van der Waals surface area contributed by atoms with E-state index in [4.69, 9.17) is 14.2 Å². The number of ether oxygens (including phenoxy) is 3. The molecular weight excluding hydrogens is 624 g/mol. The zero-order valence-electron chi connectivity index (χ0n) is 30.9. The normalized spacial score (nSPS) is 13.1. The molecule has 276 valence electrons. The summed E-state index contributed by atoms with van der Waals surface area (Å²) in [6.07, 6.45) is 9.23. The van der Waals surface area contributed by atoms with Gasteiger partial charge in [-0.3, -0.25) is 9.59 Å². The topological polar surface area (TPSA) is 126 Å². The number of nitrogens with one attached hydrogen (secondary N) is 2. The number of rotatable bonds is 26. The number of aliphatic hydroxyl groups excluding tert-OH is 2. The quantitative estimate of drug-likeness (QED) is 0.0603. The van der Waals surface area contributed by atoms with Gasteiger partial charge < -0.3 is 24.4 Å². The molecule has 0 aromatic heterocycles. The lowest BCUT2D eigenvalue weighted by atomic mass is 10.1. The van der Waals surface area contributed by atoms with Crippen LogP contribution in [0.2, 0.25) is 0 Å². The molecule has 11 nitrogen and oxygen atoms in total. The van der Waals surface area contributed by atoms with Crippen molar-refractivity contribution >= 4 is 11.8 Å². The lowest BCUT2D eigenvalue weighted by Gasteiger charge is -2.31. The number of carbonyl (C=O) groups excluding carboxylic acids is 2. The van der Waals surface area contributed by atoms with E-state index in [-0.39, 0.29) is 47.4 Å². The van der Waals surface area contributed by atoms with Gasteiger partial charge in [0.25, 0.3) is 11.8 Å². The fourth-order valence-corrected chi connectivity index (χ4v) is 5.69. The summed E-state index contributed by atoms with van der Waals surface area (Å²) in [6, 6.07) is 14.1. The fraction of sp³-hybridized carbons (Fsp3) is 0.632. The van der Waals surface area contributed by atoms with Crippen LogP contribution in [0, 0.1) is 0 Å². The Labute approximate surface area is 294 Å². The number of quaternary nitrogens is 2. The Morgan fingerprint density at radius 2 is 1.00 bits per heavy atom. The standard InChI is InChI=1S/C38H62N4O7/c1-7-9-11-13-19-31(43)29-41(3,4)39-37(45)33-21-15-17-23-35(33)48-27-25-47-26-28-49-36-24-18-16-22-34(36)38(46)40-42(5,6)30-32(44)20-14-12-10-8-2/h15-18,21-24,31-32,43-44H,7-14,19-20,25-30H2,1-6H3/p+2. The van der Waals surface area contributed by atoms with Gasteiger partial charge in [-0.25, -0.2) is 9.18 Å². The maximum atomic E-state index is 13.2. The Balaban J connectivity index is 1.78. The van der Waals surface area contributed by atoms with Gasteiger partial charge >= 0.3 is 0 Å². The number of unbranched alkanes of at least 4 members (excludes halogenated alkanes) is 6. The van der Waals surface area contributed by atoms with Gasteiger partial charge in [-0.2, -0.15) is 10.9 Å². The first kappa shape index (κ1) is 41.9. The first-order valence-electron chi connectivity index (χ1n) is 18.1. The van der Waals surface area contributed by atoms with Crippen LogP contribution in [0.15, 0.2) is 48.5 Å². The molecule has 2 aromatic carbocycles. The molecule has 0 fully saturated rings. The van der Waals surface area contributed by atoms with Crippen LogP contribution in [-0.2, 0) is 4.74 Å². The summed E-state index contributed by atoms with van der Waals surface area (Å²) in [4.78, 5) is 26.3. The average molecular weight is 689 g/mol. The van der Waals surface area contributed by atoms with Crippen molar-refractivity contribution in [3.05, 3.63) is 59.7 Å². The van der Waals surface area contributed by atoms with Gasteiger partial charge in [-0.05, 0) is 37.1 Å². The molecule has 49 heavy (non-hydrogen) atoms. The van der Waals surface area contributed by atoms with Crippen molar-refractivity contribution in [1.82, 2.24) is 10.9 Å². The van der Waals surface area contributed by atoms with Gasteiger partial charge in [0, 0.05) is 0 Å². The van der Waals surface area contributed by atoms with E-state index in [1.807, 2.05) is 40.3 Å². The van der Waals surface area contributed by atoms with Gasteiger partial charge in [0.05, 0.1) is 52.5 Å². The van der Waals surface area contributed by atoms with E-state index in [0.29, 0.717) is 48.6 Å². The molecule has 2 amide bonds. The Morgan fingerprint density at radius 1 is 0.612 bits per heavy atom. The van der Waals surface area contributed by atoms with Gasteiger partial charge in [-0.1, -0.05) is 89.5 Å². The molecule has 0 saturated heterocycles. The molecule has 0 aliphatic heterocycles. The van der Waals surface area contributed by atoms with E-state index in [9.17, 15) is 19.8 Å². The number of benzene rings is 2. The third-order valence-electron chi connectivity index (χ3n) is 8.16. The van der Waals surface area contributed by atoms with Crippen LogP contribution < -0.4 is 20.3 Å². The highest BCUT2D eigenvalue weighted by Gasteiger charge is 2.27. The van der Waals surface area contributed by atoms with E-state index in [2.05, 4.69) is 24.7 Å². The molecule has 0 spiro atoms. The van der Waals surface area contributed by atoms with Crippen LogP contribution in [0.25, 0.3) is 0 Å². The molecular formula is C38H64N4O7+2. The van der Waals surface area contributed by atoms with Crippen LogP contribution in [0.4, 0.5) is 0 Å². The molecule has 2 rings (SSSR count). The van der Waals surface area contributed by atoms with Crippen molar-refractivity contribution in [2.24, 2.45) is 0 Å². The molecule has 0 saturated carbocycles. The van der Waals surface area contributed by atoms with Gasteiger partial charge in [0.15, 0.2) is 0 Å². The van der Waals surface area contributed by atoms with Gasteiger partial charge in [-0.15, -0.1) is 0 Å². The van der Waals surface area contributed by atoms with Crippen molar-refractivity contribution in [1.29, 1.82) is 0 Å². The summed E-state index contributed by atoms with van der Waals surface area (Å²) in [5.74, 6) is 0.337. The number of likely N-dealkylation sites (N-methyl/N-ethyl adjacent to an activating group) is 2. The number of amides is 2. The highest BCUT2D eigenvalue weighted by Crippen LogP contribution is 2.20. The minimum absolute atomic E-state index is 0.148. The van der Waals surface area contributed by atoms with E-state index >= 15 is 0 Å². The predicted molar refractivity (Wildman–Crippen MR) is 193 cm³/mol. The number of carbonyl (C=O) groups is 2. The summed E-state index contributed by atoms with van der Waals surface area (Å²) in [5, 5.41) is 21.0. The van der Waals surface area contributed by atoms with Crippen molar-refractivity contribution in [2.45, 2.75) is 90.3 Å². The first-order valence-corrected chi connectivity index (χ1v) is 18.1. The maximum Gasteiger partial charge on any atom is 0.299 e. The van der Waals surface area contributed by atoms with Crippen molar-refractivity contribution in [3.63, 3.8) is 0 Å². The summed E-state index contributed by atoms with van der Waals surface area (Å²) < 4.78 is 17.8. The third kappa shape index (κ3) is 17.3. The summed E-state index contributed by atoms with van der Waals surface area (Å²) in [7, 11) is 7.44. The van der Waals surface area contributed by atoms with Crippen LogP contribution in [0.5, 0.6) is 11.5 Å². The molecule has 0 aliphatic rings. The molecule has 11 heteroatoms. The molecule has 2 aromatic rings. The smallest absolute Gasteiger partial charge is 0.299 e. The highest BCUT2D eigenvalue weighted by molar-refractivity contribution is 5.96. The lowest BCUT2D eigenvalue weighted by Crippen LogP contribution is -2.57. The SMILES string of the molecule is CCCCCCC(O)C[N+](C)(C)NC(=O)c1ccccc1OCCOCCOc1ccccc1C(=O)N[N+](C)(C)CC(O)CCCCCC. The Bertz CT molecular complexity index is 1150. The minimum Gasteiger partial charge on any atom is -0.490 e. The van der Waals surface area contributed by atoms with Crippen molar-refractivity contribution < 1.29 is 43.2 Å². The van der Waals surface area contributed by atoms with Gasteiger partial charge in [0.2, 0.25) is 0 Å². The minimum atomic E-state index is -0.494. The Morgan fingerprint density at radius 3 is 1.39 bits per heavy atom. The molecule has 0 bridgehead atoms. The van der Waals surface area contributed by atoms with Gasteiger partial charge in [0.1, 0.15) is 50.0 Å². The average Bonchev–Trinajstić information content (AvgIpc) is 3.04. The van der Waals surface area contributed by atoms with E-state index in [1.54, 1.807) is 36.4 Å². The van der Waals surface area contributed by atoms with Crippen LogP contribution in [0.3, 0.4) is 0 Å². The second-order valence-corrected chi connectivity index (χ2v) is 13.9. The number of hydrogen-bond donors (Lipinski definition) is 4. The zero-order chi connectivity index (χ0) is 36.1. The lowest BCUT2D eigenvalue weighted by molar-refractivity contribution is -0.927. The van der Waals surface area contributed by atoms with E-state index in [0.717, 1.165) is 51.4 Å². The van der Waals surface area contributed by atoms with E-state index < -0.39 is 12.2 Å². The molecule has 2 unspecified atom stereocenters. The van der Waals surface area contributed by atoms with Crippen molar-refractivity contribution in [2.75, 3.05) is 67.7 Å². The second kappa shape index (κ2) is 22.5. The number of para-hydroxylation sites is 2. The highest BCUT2D eigenvalue weighted by atomic mass is 16.5. The number of hydrogen-bond acceptors (Lipinski definition) is 7. The third-order valence-corrected chi connectivity index (χ3v) is 8.16. The number of nitrogens with zero attached hydrogens (tertiary/aromatic N) is 2. The monoisotopic (exact) mass is 688 g/mol. The Kier molecular flexibility index (Phi) is 19.3. The van der Waals surface area contributed by atoms with E-state index in [1.165, 1.54) is 0 Å². The fourth-order valence-electron chi connectivity index (χ4n) is 5.69. The summed E-state index contributed by atoms with van der Waals surface area (Å²) in [6.45, 7) is 6.16. The predicted octanol–water partition coefficient (Wildman–Crippen LogP) is 5.27. The Hall–Kier alpha value is -3.22. The molecule has 0 aliphatic carbocycles. The summed E-state index contributed by atoms with van der Waals surface area (Å²) >= 11 is 0. The van der Waals surface area contributed by atoms with Crippen LogP contribution in [-0.4, -0.2) is 111 Å². The zero-order valence-corrected chi connectivity index (χ0v) is 30.9. The number of aliphatic hydroxyl groups is 2. The summed E-state index contributed by atoms with van der Waals surface area (Å²) in [5.41, 5.74) is 6.81. The van der Waals surface area contributed by atoms with Crippen LogP contribution >= 0.6 is 0 Å². The van der Waals surface area contributed by atoms with Crippen LogP contribution in [0.1, 0.15) is 98.8 Å². The molecule has 0 heterocycles. The first-order chi connectivity index (χ1) is 23.4.